The first kappa shape index (κ1) is 25.4. The van der Waals surface area contributed by atoms with E-state index >= 15 is 0 Å². The molecule has 0 bridgehead atoms. The summed E-state index contributed by atoms with van der Waals surface area (Å²) in [5.74, 6) is 1.25. The lowest BCUT2D eigenvalue weighted by Gasteiger charge is -2.42. The summed E-state index contributed by atoms with van der Waals surface area (Å²) in [5, 5.41) is 4.87. The fraction of sp³-hybridized carbons (Fsp3) is 0.464. The van der Waals surface area contributed by atoms with Crippen molar-refractivity contribution in [2.45, 2.75) is 51.4 Å². The summed E-state index contributed by atoms with van der Waals surface area (Å²) >= 11 is 0. The first-order valence-electron chi connectivity index (χ1n) is 13.2. The van der Waals surface area contributed by atoms with Gasteiger partial charge in [-0.25, -0.2) is 19.7 Å². The maximum absolute atomic E-state index is 12.4. The molecule has 0 spiro atoms. The number of carbonyl (C=O) groups excluding carboxylic acids is 2. The number of fused-ring (bicyclic) bond motifs is 2. The number of cyclic esters (lactones) is 1. The number of esters is 1. The van der Waals surface area contributed by atoms with Crippen molar-refractivity contribution in [3.8, 4) is 5.88 Å². The Morgan fingerprint density at radius 2 is 1.95 bits per heavy atom. The molecule has 3 aromatic rings. The van der Waals surface area contributed by atoms with Gasteiger partial charge in [0.15, 0.2) is 0 Å². The molecular formula is C28H32N6O5. The van der Waals surface area contributed by atoms with Crippen LogP contribution in [0.1, 0.15) is 61.3 Å². The standard InChI is InChI=1S/C28H32N6O5/c1-14-24-18(27(36)39-28(14,3)4)5-6-22(33-24)32-23-7-19-20(15(2)29)8-31-25(21(19)9-30-23)38-17-10-34(11-17)26(35)16-12-37-13-16/h5-9,14-17H,10-13,29H2,1-4H3,(H,30,32,33). The minimum atomic E-state index is -0.650. The average Bonchev–Trinajstić information content (AvgIpc) is 2.82. The number of ether oxygens (including phenoxy) is 3. The van der Waals surface area contributed by atoms with E-state index in [0.29, 0.717) is 55.1 Å². The normalized spacial score (nSPS) is 21.4. The van der Waals surface area contributed by atoms with Crippen molar-refractivity contribution in [2.75, 3.05) is 31.6 Å². The molecule has 204 valence electrons. The number of likely N-dealkylation sites (tertiary alicyclic amines) is 1. The molecule has 11 nitrogen and oxygen atoms in total. The van der Waals surface area contributed by atoms with Crippen molar-refractivity contribution in [2.24, 2.45) is 11.7 Å². The zero-order chi connectivity index (χ0) is 27.5. The predicted octanol–water partition coefficient (Wildman–Crippen LogP) is 3.08. The Kier molecular flexibility index (Phi) is 6.15. The molecule has 1 amide bonds. The van der Waals surface area contributed by atoms with E-state index in [4.69, 9.17) is 24.9 Å². The van der Waals surface area contributed by atoms with Gasteiger partial charge in [0.1, 0.15) is 23.3 Å². The van der Waals surface area contributed by atoms with Gasteiger partial charge in [-0.05, 0) is 49.9 Å². The lowest BCUT2D eigenvalue weighted by molar-refractivity contribution is -0.158. The minimum Gasteiger partial charge on any atom is -0.470 e. The molecule has 3 aliphatic rings. The van der Waals surface area contributed by atoms with E-state index in [1.807, 2.05) is 33.8 Å². The van der Waals surface area contributed by atoms with E-state index in [2.05, 4.69) is 15.3 Å². The molecule has 6 heterocycles. The van der Waals surface area contributed by atoms with Crippen LogP contribution in [0.3, 0.4) is 0 Å². The molecule has 2 unspecified atom stereocenters. The predicted molar refractivity (Wildman–Crippen MR) is 143 cm³/mol. The van der Waals surface area contributed by atoms with Crippen molar-refractivity contribution in [1.29, 1.82) is 0 Å². The fourth-order valence-electron chi connectivity index (χ4n) is 5.03. The molecule has 0 radical (unpaired) electrons. The van der Waals surface area contributed by atoms with Crippen LogP contribution in [0.15, 0.2) is 30.6 Å². The second kappa shape index (κ2) is 9.42. The largest absolute Gasteiger partial charge is 0.470 e. The number of nitrogens with two attached hydrogens (primary N) is 1. The van der Waals surface area contributed by atoms with Crippen LogP contribution in [0.4, 0.5) is 11.6 Å². The highest BCUT2D eigenvalue weighted by atomic mass is 16.6. The molecule has 0 saturated carbocycles. The number of hydrogen-bond acceptors (Lipinski definition) is 10. The van der Waals surface area contributed by atoms with Crippen LogP contribution in [0.25, 0.3) is 10.8 Å². The number of carbonyl (C=O) groups is 2. The number of anilines is 2. The van der Waals surface area contributed by atoms with Gasteiger partial charge in [0, 0.05) is 24.4 Å². The molecular weight excluding hydrogens is 500 g/mol. The zero-order valence-corrected chi connectivity index (χ0v) is 22.4. The molecule has 3 aliphatic heterocycles. The van der Waals surface area contributed by atoms with Gasteiger partial charge < -0.3 is 30.2 Å². The van der Waals surface area contributed by atoms with Gasteiger partial charge >= 0.3 is 5.97 Å². The van der Waals surface area contributed by atoms with Crippen molar-refractivity contribution >= 4 is 34.3 Å². The van der Waals surface area contributed by atoms with Crippen LogP contribution in [0.5, 0.6) is 5.88 Å². The van der Waals surface area contributed by atoms with Crippen LogP contribution in [-0.2, 0) is 14.3 Å². The van der Waals surface area contributed by atoms with Gasteiger partial charge in [-0.1, -0.05) is 6.92 Å². The maximum Gasteiger partial charge on any atom is 0.340 e. The molecule has 11 heteroatoms. The molecule has 2 atom stereocenters. The van der Waals surface area contributed by atoms with Gasteiger partial charge in [-0.15, -0.1) is 0 Å². The van der Waals surface area contributed by atoms with Crippen molar-refractivity contribution in [3.63, 3.8) is 0 Å². The first-order chi connectivity index (χ1) is 18.6. The molecule has 3 N–H and O–H groups in total. The van der Waals surface area contributed by atoms with Crippen LogP contribution in [0, 0.1) is 5.92 Å². The third-order valence-corrected chi connectivity index (χ3v) is 7.89. The SMILES string of the molecule is CC(N)c1cnc(OC2CN(C(=O)C3COC3)C2)c2cnc(Nc3ccc4c(n3)C(C)C(C)(C)OC4=O)cc12. The van der Waals surface area contributed by atoms with Crippen LogP contribution in [0.2, 0.25) is 0 Å². The van der Waals surface area contributed by atoms with Crippen LogP contribution >= 0.6 is 0 Å². The van der Waals surface area contributed by atoms with E-state index in [0.717, 1.165) is 16.3 Å². The molecule has 0 aromatic carbocycles. The average molecular weight is 533 g/mol. The Balaban J connectivity index is 1.24. The fourth-order valence-corrected chi connectivity index (χ4v) is 5.03. The Morgan fingerprint density at radius 3 is 2.64 bits per heavy atom. The Bertz CT molecular complexity index is 1460. The number of amides is 1. The lowest BCUT2D eigenvalue weighted by atomic mass is 9.84. The number of hydrogen-bond donors (Lipinski definition) is 2. The van der Waals surface area contributed by atoms with E-state index in [1.165, 1.54) is 0 Å². The number of aromatic nitrogens is 3. The third kappa shape index (κ3) is 4.55. The smallest absolute Gasteiger partial charge is 0.340 e. The number of nitrogens with one attached hydrogen (secondary N) is 1. The second-order valence-electron chi connectivity index (χ2n) is 11.1. The minimum absolute atomic E-state index is 0.0292. The summed E-state index contributed by atoms with van der Waals surface area (Å²) in [6, 6.07) is 5.11. The van der Waals surface area contributed by atoms with Gasteiger partial charge in [-0.3, -0.25) is 4.79 Å². The number of nitrogens with zero attached hydrogens (tertiary/aromatic N) is 4. The van der Waals surface area contributed by atoms with E-state index in [1.54, 1.807) is 29.4 Å². The maximum atomic E-state index is 12.4. The summed E-state index contributed by atoms with van der Waals surface area (Å²) < 4.78 is 16.9. The highest BCUT2D eigenvalue weighted by molar-refractivity contribution is 5.93. The highest BCUT2D eigenvalue weighted by Crippen LogP contribution is 2.38. The van der Waals surface area contributed by atoms with Gasteiger partial charge in [-0.2, -0.15) is 0 Å². The topological polar surface area (TPSA) is 142 Å². The van der Waals surface area contributed by atoms with E-state index in [9.17, 15) is 9.59 Å². The van der Waals surface area contributed by atoms with Crippen LogP contribution in [-0.4, -0.2) is 69.7 Å². The monoisotopic (exact) mass is 532 g/mol. The highest BCUT2D eigenvalue weighted by Gasteiger charge is 2.40. The first-order valence-corrected chi connectivity index (χ1v) is 13.2. The summed E-state index contributed by atoms with van der Waals surface area (Å²) in [6.45, 7) is 9.71. The van der Waals surface area contributed by atoms with Crippen molar-refractivity contribution in [3.05, 3.63) is 47.4 Å². The van der Waals surface area contributed by atoms with E-state index in [-0.39, 0.29) is 35.9 Å². The summed E-state index contributed by atoms with van der Waals surface area (Å²) in [4.78, 5) is 40.5. The Labute approximate surface area is 226 Å². The molecule has 0 aliphatic carbocycles. The summed E-state index contributed by atoms with van der Waals surface area (Å²) in [5.41, 5.74) is 7.64. The van der Waals surface area contributed by atoms with Crippen molar-refractivity contribution < 1.29 is 23.8 Å². The summed E-state index contributed by atoms with van der Waals surface area (Å²) in [7, 11) is 0. The quantitative estimate of drug-likeness (QED) is 0.455. The summed E-state index contributed by atoms with van der Waals surface area (Å²) in [6.07, 6.45) is 3.30. The van der Waals surface area contributed by atoms with Crippen LogP contribution < -0.4 is 15.8 Å². The number of pyridine rings is 3. The van der Waals surface area contributed by atoms with Crippen molar-refractivity contribution in [1.82, 2.24) is 19.9 Å². The van der Waals surface area contributed by atoms with Gasteiger partial charge in [0.25, 0.3) is 0 Å². The van der Waals surface area contributed by atoms with E-state index < -0.39 is 5.60 Å². The lowest BCUT2D eigenvalue weighted by Crippen LogP contribution is -2.59. The number of rotatable bonds is 6. The zero-order valence-electron chi connectivity index (χ0n) is 22.4. The van der Waals surface area contributed by atoms with Gasteiger partial charge in [0.05, 0.1) is 48.9 Å². The van der Waals surface area contributed by atoms with Gasteiger partial charge in [0.2, 0.25) is 11.8 Å². The second-order valence-corrected chi connectivity index (χ2v) is 11.1. The third-order valence-electron chi connectivity index (χ3n) is 7.89. The molecule has 2 fully saturated rings. The molecule has 6 rings (SSSR count). The molecule has 3 aromatic heterocycles. The Morgan fingerprint density at radius 1 is 1.18 bits per heavy atom. The Hall–Kier alpha value is -3.83. The molecule has 2 saturated heterocycles. The molecule has 39 heavy (non-hydrogen) atoms.